The van der Waals surface area contributed by atoms with E-state index < -0.39 is 0 Å². The summed E-state index contributed by atoms with van der Waals surface area (Å²) in [4.78, 5) is 8.68. The van der Waals surface area contributed by atoms with Crippen LogP contribution in [0, 0.1) is 5.92 Å². The van der Waals surface area contributed by atoms with E-state index in [4.69, 9.17) is 9.15 Å². The van der Waals surface area contributed by atoms with Crippen LogP contribution in [-0.4, -0.2) is 9.97 Å². The van der Waals surface area contributed by atoms with Crippen molar-refractivity contribution in [3.63, 3.8) is 0 Å². The fourth-order valence-electron chi connectivity index (χ4n) is 3.88. The minimum Gasteiger partial charge on any atom is -0.464 e. The Morgan fingerprint density at radius 1 is 1.15 bits per heavy atom. The number of benzene rings is 1. The maximum Gasteiger partial charge on any atom is 0.281 e. The number of ether oxygens (including phenoxy) is 1. The SMILES string of the molecule is c1cnc2nc(Oc3ccc4c(CC5CCCCC5)coc4c3)sc2c1. The van der Waals surface area contributed by atoms with E-state index in [-0.39, 0.29) is 0 Å². The van der Waals surface area contributed by atoms with Gasteiger partial charge in [-0.15, -0.1) is 0 Å². The van der Waals surface area contributed by atoms with Gasteiger partial charge in [0.2, 0.25) is 0 Å². The van der Waals surface area contributed by atoms with Crippen molar-refractivity contribution in [1.29, 1.82) is 0 Å². The topological polar surface area (TPSA) is 48.2 Å². The Balaban J connectivity index is 1.38. The molecule has 1 aliphatic carbocycles. The number of aromatic nitrogens is 2. The molecule has 1 aliphatic rings. The predicted octanol–water partition coefficient (Wildman–Crippen LogP) is 6.35. The lowest BCUT2D eigenvalue weighted by atomic mass is 9.85. The van der Waals surface area contributed by atoms with Crippen LogP contribution in [0.1, 0.15) is 37.7 Å². The van der Waals surface area contributed by atoms with Crippen LogP contribution < -0.4 is 4.74 Å². The molecule has 0 bridgehead atoms. The molecule has 132 valence electrons. The second-order valence-corrected chi connectivity index (χ2v) is 8.03. The molecule has 0 N–H and O–H groups in total. The Bertz CT molecular complexity index is 1010. The molecule has 1 saturated carbocycles. The van der Waals surface area contributed by atoms with Gasteiger partial charge in [-0.25, -0.2) is 4.98 Å². The number of nitrogens with zero attached hydrogens (tertiary/aromatic N) is 2. The summed E-state index contributed by atoms with van der Waals surface area (Å²) in [6.45, 7) is 0. The van der Waals surface area contributed by atoms with Crippen LogP contribution >= 0.6 is 11.3 Å². The number of pyridine rings is 1. The van der Waals surface area contributed by atoms with Crippen LogP contribution in [0.25, 0.3) is 21.3 Å². The van der Waals surface area contributed by atoms with Crippen molar-refractivity contribution in [2.24, 2.45) is 5.92 Å². The van der Waals surface area contributed by atoms with Crippen LogP contribution in [0.15, 0.2) is 47.2 Å². The summed E-state index contributed by atoms with van der Waals surface area (Å²) in [5.41, 5.74) is 2.93. The van der Waals surface area contributed by atoms with Crippen LogP contribution in [-0.2, 0) is 6.42 Å². The van der Waals surface area contributed by atoms with Gasteiger partial charge in [0.05, 0.1) is 11.0 Å². The Labute approximate surface area is 155 Å². The molecule has 0 radical (unpaired) electrons. The fourth-order valence-corrected chi connectivity index (χ4v) is 4.68. The summed E-state index contributed by atoms with van der Waals surface area (Å²) in [5, 5.41) is 1.81. The first-order valence-corrected chi connectivity index (χ1v) is 10.1. The lowest BCUT2D eigenvalue weighted by molar-refractivity contribution is 0.356. The number of hydrogen-bond acceptors (Lipinski definition) is 5. The first-order chi connectivity index (χ1) is 12.8. The van der Waals surface area contributed by atoms with E-state index in [0.717, 1.165) is 34.0 Å². The molecule has 0 aliphatic heterocycles. The fraction of sp³-hybridized carbons (Fsp3) is 0.333. The highest BCUT2D eigenvalue weighted by Crippen LogP contribution is 2.34. The number of furan rings is 1. The van der Waals surface area contributed by atoms with E-state index >= 15 is 0 Å². The molecule has 3 aromatic heterocycles. The van der Waals surface area contributed by atoms with E-state index in [9.17, 15) is 0 Å². The molecular formula is C21H20N2O2S. The van der Waals surface area contributed by atoms with Crippen molar-refractivity contribution in [3.8, 4) is 10.9 Å². The first kappa shape index (κ1) is 15.8. The monoisotopic (exact) mass is 364 g/mol. The van der Waals surface area contributed by atoms with Crippen LogP contribution in [0.3, 0.4) is 0 Å². The highest BCUT2D eigenvalue weighted by molar-refractivity contribution is 7.20. The number of fused-ring (bicyclic) bond motifs is 2. The largest absolute Gasteiger partial charge is 0.464 e. The summed E-state index contributed by atoms with van der Waals surface area (Å²) in [5.74, 6) is 1.55. The lowest BCUT2D eigenvalue weighted by Crippen LogP contribution is -2.08. The van der Waals surface area contributed by atoms with Gasteiger partial charge in [-0.1, -0.05) is 43.4 Å². The van der Waals surface area contributed by atoms with Gasteiger partial charge in [0.1, 0.15) is 11.3 Å². The molecule has 26 heavy (non-hydrogen) atoms. The zero-order valence-corrected chi connectivity index (χ0v) is 15.3. The third-order valence-corrected chi connectivity index (χ3v) is 6.10. The maximum absolute atomic E-state index is 5.94. The molecule has 0 unspecified atom stereocenters. The number of hydrogen-bond donors (Lipinski definition) is 0. The predicted molar refractivity (Wildman–Crippen MR) is 104 cm³/mol. The molecule has 5 heteroatoms. The van der Waals surface area contributed by atoms with E-state index in [1.807, 2.05) is 30.5 Å². The molecule has 0 amide bonds. The standard InChI is InChI=1S/C21H20N2O2S/c1-2-5-14(6-3-1)11-15-13-24-18-12-16(8-9-17(15)18)25-21-23-20-19(26-21)7-4-10-22-20/h4,7-10,12-14H,1-3,5-6,11H2. The van der Waals surface area contributed by atoms with E-state index in [1.165, 1.54) is 54.4 Å². The molecule has 1 aromatic carbocycles. The highest BCUT2D eigenvalue weighted by Gasteiger charge is 2.17. The summed E-state index contributed by atoms with van der Waals surface area (Å²) in [6.07, 6.45) is 11.6. The van der Waals surface area contributed by atoms with Crippen molar-refractivity contribution in [2.45, 2.75) is 38.5 Å². The molecule has 1 fully saturated rings. The Hall–Kier alpha value is -2.40. The molecule has 0 spiro atoms. The smallest absolute Gasteiger partial charge is 0.281 e. The molecule has 3 heterocycles. The summed E-state index contributed by atoms with van der Waals surface area (Å²) in [6, 6.07) is 9.98. The first-order valence-electron chi connectivity index (χ1n) is 9.25. The quantitative estimate of drug-likeness (QED) is 0.423. The molecule has 0 saturated heterocycles. The number of rotatable bonds is 4. The van der Waals surface area contributed by atoms with Gasteiger partial charge in [0.15, 0.2) is 5.65 Å². The van der Waals surface area contributed by atoms with Gasteiger partial charge >= 0.3 is 0 Å². The van der Waals surface area contributed by atoms with Crippen LogP contribution in [0.5, 0.6) is 10.9 Å². The maximum atomic E-state index is 5.94. The van der Waals surface area contributed by atoms with E-state index in [1.54, 1.807) is 6.20 Å². The zero-order chi connectivity index (χ0) is 17.3. The van der Waals surface area contributed by atoms with Gasteiger partial charge in [0, 0.05) is 17.6 Å². The molecule has 5 rings (SSSR count). The third kappa shape index (κ3) is 3.07. The van der Waals surface area contributed by atoms with Crippen molar-refractivity contribution >= 4 is 32.7 Å². The van der Waals surface area contributed by atoms with Gasteiger partial charge in [-0.2, -0.15) is 4.98 Å². The Morgan fingerprint density at radius 2 is 2.08 bits per heavy atom. The molecule has 0 atom stereocenters. The second-order valence-electron chi connectivity index (χ2n) is 7.03. The van der Waals surface area contributed by atoms with Crippen LogP contribution in [0.4, 0.5) is 0 Å². The third-order valence-electron chi connectivity index (χ3n) is 5.21. The normalized spacial score (nSPS) is 15.7. The van der Waals surface area contributed by atoms with E-state index in [0.29, 0.717) is 5.19 Å². The summed E-state index contributed by atoms with van der Waals surface area (Å²) < 4.78 is 12.8. The minimum atomic E-state index is 0.604. The average Bonchev–Trinajstić information content (AvgIpc) is 3.26. The average molecular weight is 364 g/mol. The van der Waals surface area contributed by atoms with Gasteiger partial charge in [-0.05, 0) is 42.2 Å². The second kappa shape index (κ2) is 6.72. The van der Waals surface area contributed by atoms with Gasteiger partial charge < -0.3 is 9.15 Å². The Kier molecular flexibility index (Phi) is 4.09. The van der Waals surface area contributed by atoms with Crippen molar-refractivity contribution in [1.82, 2.24) is 9.97 Å². The molecule has 4 nitrogen and oxygen atoms in total. The molecular weight excluding hydrogens is 344 g/mol. The lowest BCUT2D eigenvalue weighted by Gasteiger charge is -2.20. The van der Waals surface area contributed by atoms with Crippen LogP contribution in [0.2, 0.25) is 0 Å². The van der Waals surface area contributed by atoms with Crippen molar-refractivity contribution < 1.29 is 9.15 Å². The Morgan fingerprint density at radius 3 is 2.96 bits per heavy atom. The molecule has 4 aromatic rings. The van der Waals surface area contributed by atoms with E-state index in [2.05, 4.69) is 16.0 Å². The summed E-state index contributed by atoms with van der Waals surface area (Å²) in [7, 11) is 0. The van der Waals surface area contributed by atoms with Gasteiger partial charge in [-0.3, -0.25) is 0 Å². The summed E-state index contributed by atoms with van der Waals surface area (Å²) >= 11 is 1.50. The number of thiazole rings is 1. The highest BCUT2D eigenvalue weighted by atomic mass is 32.1. The zero-order valence-electron chi connectivity index (χ0n) is 14.5. The van der Waals surface area contributed by atoms with Crippen molar-refractivity contribution in [3.05, 3.63) is 48.4 Å². The minimum absolute atomic E-state index is 0.604. The van der Waals surface area contributed by atoms with Gasteiger partial charge in [0.25, 0.3) is 5.19 Å². The van der Waals surface area contributed by atoms with Crippen molar-refractivity contribution in [2.75, 3.05) is 0 Å².